The van der Waals surface area contributed by atoms with Crippen LogP contribution in [0.25, 0.3) is 0 Å². The van der Waals surface area contributed by atoms with Gasteiger partial charge in [0, 0.05) is 13.1 Å². The van der Waals surface area contributed by atoms with Crippen molar-refractivity contribution < 1.29 is 18.0 Å². The van der Waals surface area contributed by atoms with Gasteiger partial charge in [-0.25, -0.2) is 4.79 Å². The second-order valence-electron chi connectivity index (χ2n) is 4.99. The Balaban J connectivity index is 2.05. The third-order valence-corrected chi connectivity index (χ3v) is 3.45. The Hall–Kier alpha value is -1.72. The topological polar surface area (TPSA) is 32.3 Å². The van der Waals surface area contributed by atoms with E-state index in [0.29, 0.717) is 18.7 Å². The van der Waals surface area contributed by atoms with Crippen molar-refractivity contribution in [1.82, 2.24) is 10.2 Å². The van der Waals surface area contributed by atoms with Crippen LogP contribution in [0.15, 0.2) is 24.3 Å². The molecule has 1 aromatic rings. The van der Waals surface area contributed by atoms with E-state index in [1.807, 2.05) is 0 Å². The maximum Gasteiger partial charge on any atom is 0.416 e. The normalized spacial score (nSPS) is 17.1. The number of likely N-dealkylation sites (tertiary alicyclic amines) is 1. The molecule has 20 heavy (non-hydrogen) atoms. The maximum atomic E-state index is 12.6. The Labute approximate surface area is 115 Å². The molecule has 1 N–H and O–H groups in total. The van der Waals surface area contributed by atoms with Gasteiger partial charge >= 0.3 is 12.2 Å². The van der Waals surface area contributed by atoms with Crippen molar-refractivity contribution in [2.45, 2.75) is 32.0 Å². The molecule has 110 valence electrons. The molecule has 1 unspecified atom stereocenters. The Kier molecular flexibility index (Phi) is 4.20. The first-order valence-corrected chi connectivity index (χ1v) is 6.60. The van der Waals surface area contributed by atoms with Crippen LogP contribution in [0.4, 0.5) is 18.0 Å². The van der Waals surface area contributed by atoms with Crippen molar-refractivity contribution in [3.8, 4) is 0 Å². The molecule has 3 nitrogen and oxygen atoms in total. The highest BCUT2D eigenvalue weighted by Gasteiger charge is 2.31. The molecular weight excluding hydrogens is 269 g/mol. The smallest absolute Gasteiger partial charge is 0.331 e. The molecule has 1 aliphatic rings. The first-order valence-electron chi connectivity index (χ1n) is 6.60. The summed E-state index contributed by atoms with van der Waals surface area (Å²) >= 11 is 0. The summed E-state index contributed by atoms with van der Waals surface area (Å²) in [6.07, 6.45) is -2.41. The van der Waals surface area contributed by atoms with E-state index in [4.69, 9.17) is 0 Å². The van der Waals surface area contributed by atoms with Gasteiger partial charge in [-0.1, -0.05) is 12.1 Å². The molecule has 0 spiro atoms. The fourth-order valence-electron chi connectivity index (χ4n) is 2.26. The summed E-state index contributed by atoms with van der Waals surface area (Å²) in [4.78, 5) is 13.6. The molecule has 0 aliphatic carbocycles. The van der Waals surface area contributed by atoms with Crippen molar-refractivity contribution in [2.75, 3.05) is 13.1 Å². The van der Waals surface area contributed by atoms with Gasteiger partial charge in [-0.15, -0.1) is 0 Å². The van der Waals surface area contributed by atoms with Gasteiger partial charge in [0.25, 0.3) is 0 Å². The maximum absolute atomic E-state index is 12.6. The van der Waals surface area contributed by atoms with Crippen LogP contribution in [0.1, 0.15) is 36.9 Å². The molecule has 0 bridgehead atoms. The summed E-state index contributed by atoms with van der Waals surface area (Å²) in [6.45, 7) is 3.10. The van der Waals surface area contributed by atoms with E-state index in [1.165, 1.54) is 6.07 Å². The molecule has 1 aromatic carbocycles. The van der Waals surface area contributed by atoms with Crippen molar-refractivity contribution in [1.29, 1.82) is 0 Å². The Morgan fingerprint density at radius 2 is 1.95 bits per heavy atom. The van der Waals surface area contributed by atoms with Gasteiger partial charge in [0.1, 0.15) is 0 Å². The summed E-state index contributed by atoms with van der Waals surface area (Å²) in [6, 6.07) is 4.38. The number of hydrogen-bond acceptors (Lipinski definition) is 1. The molecule has 2 amide bonds. The third-order valence-electron chi connectivity index (χ3n) is 3.45. The van der Waals surface area contributed by atoms with Crippen LogP contribution in [-0.2, 0) is 6.18 Å². The Bertz CT molecular complexity index is 482. The Morgan fingerprint density at radius 3 is 2.55 bits per heavy atom. The average Bonchev–Trinajstić information content (AvgIpc) is 2.91. The molecule has 1 fully saturated rings. The average molecular weight is 286 g/mol. The van der Waals surface area contributed by atoms with Crippen LogP contribution < -0.4 is 5.32 Å². The summed E-state index contributed by atoms with van der Waals surface area (Å²) in [7, 11) is 0. The first kappa shape index (κ1) is 14.7. The molecular formula is C14H17F3N2O. The first-order chi connectivity index (χ1) is 9.38. The molecule has 6 heteroatoms. The van der Waals surface area contributed by atoms with Gasteiger partial charge in [0.05, 0.1) is 11.6 Å². The number of urea groups is 1. The number of rotatable bonds is 2. The van der Waals surface area contributed by atoms with Gasteiger partial charge in [0.15, 0.2) is 0 Å². The van der Waals surface area contributed by atoms with Crippen LogP contribution >= 0.6 is 0 Å². The number of alkyl halides is 3. The monoisotopic (exact) mass is 286 g/mol. The molecule has 0 aromatic heterocycles. The number of nitrogens with one attached hydrogen (secondary N) is 1. The SMILES string of the molecule is CC(NC(=O)N1CCCC1)c1cccc(C(F)(F)F)c1. The van der Waals surface area contributed by atoms with Crippen molar-refractivity contribution >= 4 is 6.03 Å². The van der Waals surface area contributed by atoms with Crippen LogP contribution in [0.2, 0.25) is 0 Å². The molecule has 1 atom stereocenters. The molecule has 1 saturated heterocycles. The minimum absolute atomic E-state index is 0.215. The van der Waals surface area contributed by atoms with Crippen LogP contribution in [0, 0.1) is 0 Å². The number of amides is 2. The molecule has 0 saturated carbocycles. The van der Waals surface area contributed by atoms with E-state index < -0.39 is 17.8 Å². The van der Waals surface area contributed by atoms with E-state index in [2.05, 4.69) is 5.32 Å². The number of benzene rings is 1. The van der Waals surface area contributed by atoms with Gasteiger partial charge in [-0.3, -0.25) is 0 Å². The minimum atomic E-state index is -4.37. The predicted molar refractivity (Wildman–Crippen MR) is 69.2 cm³/mol. The number of halogens is 3. The number of hydrogen-bond donors (Lipinski definition) is 1. The summed E-state index contributed by atoms with van der Waals surface area (Å²) in [5.74, 6) is 0. The lowest BCUT2D eigenvalue weighted by Crippen LogP contribution is -2.39. The van der Waals surface area contributed by atoms with Gasteiger partial charge in [-0.05, 0) is 37.5 Å². The summed E-state index contributed by atoms with van der Waals surface area (Å²) in [5, 5.41) is 2.74. The lowest BCUT2D eigenvalue weighted by atomic mass is 10.1. The lowest BCUT2D eigenvalue weighted by molar-refractivity contribution is -0.137. The van der Waals surface area contributed by atoms with Crippen LogP contribution in [0.3, 0.4) is 0 Å². The van der Waals surface area contributed by atoms with Gasteiger partial charge in [0.2, 0.25) is 0 Å². The largest absolute Gasteiger partial charge is 0.416 e. The number of nitrogens with zero attached hydrogens (tertiary/aromatic N) is 1. The van der Waals surface area contributed by atoms with Crippen molar-refractivity contribution in [3.63, 3.8) is 0 Å². The Morgan fingerprint density at radius 1 is 1.30 bits per heavy atom. The second kappa shape index (κ2) is 5.73. The molecule has 1 aliphatic heterocycles. The molecule has 2 rings (SSSR count). The summed E-state index contributed by atoms with van der Waals surface area (Å²) < 4.78 is 37.9. The standard InChI is InChI=1S/C14H17F3N2O/c1-10(18-13(20)19-7-2-3-8-19)11-5-4-6-12(9-11)14(15,16)17/h4-6,9-10H,2-3,7-8H2,1H3,(H,18,20). The number of carbonyl (C=O) groups excluding carboxylic acids is 1. The quantitative estimate of drug-likeness (QED) is 0.885. The zero-order valence-corrected chi connectivity index (χ0v) is 11.2. The second-order valence-corrected chi connectivity index (χ2v) is 4.99. The van der Waals surface area contributed by atoms with E-state index in [-0.39, 0.29) is 6.03 Å². The highest BCUT2D eigenvalue weighted by atomic mass is 19.4. The zero-order valence-electron chi connectivity index (χ0n) is 11.2. The van der Waals surface area contributed by atoms with E-state index >= 15 is 0 Å². The van der Waals surface area contributed by atoms with E-state index in [9.17, 15) is 18.0 Å². The van der Waals surface area contributed by atoms with Crippen LogP contribution in [0.5, 0.6) is 0 Å². The third kappa shape index (κ3) is 3.43. The highest BCUT2D eigenvalue weighted by Crippen LogP contribution is 2.30. The molecule has 1 heterocycles. The van der Waals surface area contributed by atoms with E-state index in [0.717, 1.165) is 25.0 Å². The van der Waals surface area contributed by atoms with Crippen LogP contribution in [-0.4, -0.2) is 24.0 Å². The fourth-order valence-corrected chi connectivity index (χ4v) is 2.26. The lowest BCUT2D eigenvalue weighted by Gasteiger charge is -2.21. The van der Waals surface area contributed by atoms with Crippen molar-refractivity contribution in [3.05, 3.63) is 35.4 Å². The summed E-state index contributed by atoms with van der Waals surface area (Å²) in [5.41, 5.74) is -0.246. The van der Waals surface area contributed by atoms with E-state index in [1.54, 1.807) is 17.9 Å². The fraction of sp³-hybridized carbons (Fsp3) is 0.500. The molecule has 0 radical (unpaired) electrons. The van der Waals surface area contributed by atoms with Gasteiger partial charge < -0.3 is 10.2 Å². The zero-order chi connectivity index (χ0) is 14.8. The predicted octanol–water partition coefficient (Wildman–Crippen LogP) is 3.57. The minimum Gasteiger partial charge on any atom is -0.331 e. The highest BCUT2D eigenvalue weighted by molar-refractivity contribution is 5.74. The number of carbonyl (C=O) groups is 1. The van der Waals surface area contributed by atoms with Gasteiger partial charge in [-0.2, -0.15) is 13.2 Å². The van der Waals surface area contributed by atoms with Crippen molar-refractivity contribution in [2.24, 2.45) is 0 Å².